The Labute approximate surface area is 296 Å². The van der Waals surface area contributed by atoms with Crippen LogP contribution in [-0.4, -0.2) is 63.0 Å². The lowest BCUT2D eigenvalue weighted by atomic mass is 9.91. The molecule has 1 amide bonds. The van der Waals surface area contributed by atoms with Gasteiger partial charge in [0, 0.05) is 38.8 Å². The summed E-state index contributed by atoms with van der Waals surface area (Å²) in [6, 6.07) is 35.3. The Morgan fingerprint density at radius 2 is 1.54 bits per heavy atom. The molecule has 5 rings (SSSR count). The van der Waals surface area contributed by atoms with Gasteiger partial charge in [-0.1, -0.05) is 91.9 Å². The minimum absolute atomic E-state index is 0.150. The normalized spacial score (nSPS) is 14.8. The summed E-state index contributed by atoms with van der Waals surface area (Å²) in [6.07, 6.45) is 3.17. The maximum Gasteiger partial charge on any atom is 0.317 e. The molecule has 8 heteroatoms. The molecule has 264 valence electrons. The molecule has 1 saturated heterocycles. The van der Waals surface area contributed by atoms with Gasteiger partial charge < -0.3 is 24.3 Å². The Kier molecular flexibility index (Phi) is 14.4. The van der Waals surface area contributed by atoms with Gasteiger partial charge in [-0.2, -0.15) is 0 Å². The van der Waals surface area contributed by atoms with Gasteiger partial charge in [0.2, 0.25) is 0 Å². The number of carbonyl (C=O) groups excluding carboxylic acids is 2. The van der Waals surface area contributed by atoms with Gasteiger partial charge in [-0.3, -0.25) is 14.5 Å². The number of esters is 1. The van der Waals surface area contributed by atoms with Crippen molar-refractivity contribution >= 4 is 11.9 Å². The van der Waals surface area contributed by atoms with Crippen LogP contribution in [0.1, 0.15) is 71.1 Å². The highest BCUT2D eigenvalue weighted by atomic mass is 16.7. The van der Waals surface area contributed by atoms with Gasteiger partial charge in [-0.25, -0.2) is 0 Å². The lowest BCUT2D eigenvalue weighted by Gasteiger charge is -2.32. The first-order valence-electron chi connectivity index (χ1n) is 17.7. The second-order valence-electron chi connectivity index (χ2n) is 12.8. The second kappa shape index (κ2) is 19.6. The first-order chi connectivity index (χ1) is 24.5. The van der Waals surface area contributed by atoms with Crippen LogP contribution in [0.5, 0.6) is 5.75 Å². The maximum absolute atomic E-state index is 13.7. The monoisotopic (exact) mass is 678 g/mol. The fraction of sp³-hybridized carbons (Fsp3) is 0.381. The van der Waals surface area contributed by atoms with E-state index in [1.54, 1.807) is 19.2 Å². The molecule has 0 saturated carbocycles. The van der Waals surface area contributed by atoms with E-state index in [4.69, 9.17) is 18.9 Å². The molecule has 0 aromatic heterocycles. The molecule has 1 aliphatic heterocycles. The van der Waals surface area contributed by atoms with E-state index >= 15 is 0 Å². The smallest absolute Gasteiger partial charge is 0.317 e. The van der Waals surface area contributed by atoms with E-state index in [9.17, 15) is 9.59 Å². The molecule has 4 aromatic carbocycles. The molecule has 0 radical (unpaired) electrons. The van der Waals surface area contributed by atoms with Crippen molar-refractivity contribution in [3.05, 3.63) is 137 Å². The summed E-state index contributed by atoms with van der Waals surface area (Å²) in [6.45, 7) is 6.81. The van der Waals surface area contributed by atoms with Crippen LogP contribution in [0.15, 0.2) is 109 Å². The molecular formula is C42H50N2O6. The van der Waals surface area contributed by atoms with E-state index in [0.717, 1.165) is 55.6 Å². The fourth-order valence-electron chi connectivity index (χ4n) is 6.17. The Balaban J connectivity index is 1.13. The topological polar surface area (TPSA) is 86.3 Å². The highest BCUT2D eigenvalue weighted by Crippen LogP contribution is 2.30. The summed E-state index contributed by atoms with van der Waals surface area (Å²) in [5, 5.41) is 2.92. The number of carbonyl (C=O) groups is 2. The van der Waals surface area contributed by atoms with Crippen LogP contribution in [-0.2, 0) is 32.2 Å². The van der Waals surface area contributed by atoms with Gasteiger partial charge in [0.25, 0.3) is 5.91 Å². The molecule has 2 unspecified atom stereocenters. The summed E-state index contributed by atoms with van der Waals surface area (Å²) in [4.78, 5) is 28.8. The van der Waals surface area contributed by atoms with Crippen molar-refractivity contribution in [2.75, 3.05) is 40.0 Å². The van der Waals surface area contributed by atoms with Crippen LogP contribution >= 0.6 is 0 Å². The third-order valence-corrected chi connectivity index (χ3v) is 9.04. The Morgan fingerprint density at radius 3 is 2.24 bits per heavy atom. The highest BCUT2D eigenvalue weighted by molar-refractivity contribution is 5.94. The molecule has 0 spiro atoms. The van der Waals surface area contributed by atoms with E-state index in [2.05, 4.69) is 34.5 Å². The second-order valence-corrected chi connectivity index (χ2v) is 12.8. The Morgan fingerprint density at radius 1 is 0.840 bits per heavy atom. The number of amides is 1. The van der Waals surface area contributed by atoms with E-state index in [0.29, 0.717) is 50.0 Å². The first kappa shape index (κ1) is 36.8. The van der Waals surface area contributed by atoms with Crippen LogP contribution in [0.4, 0.5) is 0 Å². The van der Waals surface area contributed by atoms with Crippen molar-refractivity contribution in [3.8, 4) is 5.75 Å². The van der Waals surface area contributed by atoms with Crippen molar-refractivity contribution < 1.29 is 28.5 Å². The average Bonchev–Trinajstić information content (AvgIpc) is 3.16. The van der Waals surface area contributed by atoms with Crippen LogP contribution in [0.3, 0.4) is 0 Å². The molecule has 0 aliphatic carbocycles. The van der Waals surface area contributed by atoms with Gasteiger partial charge in [0.1, 0.15) is 18.3 Å². The predicted molar refractivity (Wildman–Crippen MR) is 195 cm³/mol. The standard InChI is InChI=1S/C42H50N2O6/c1-3-27-48-39(47-2)21-24-43-41(45)36-19-17-33(18-20-36)30-49-38-16-10-15-37(28-38)40(35-13-8-5-9-14-35)42(46)50-31-34-22-25-44(26-23-34)29-32-11-6-4-7-12-32/h4-20,28,34,39-40H,3,21-27,29-31H2,1-2H3,(H,43,45). The van der Waals surface area contributed by atoms with Gasteiger partial charge >= 0.3 is 5.97 Å². The van der Waals surface area contributed by atoms with E-state index in [1.165, 1.54) is 5.56 Å². The van der Waals surface area contributed by atoms with E-state index in [1.807, 2.05) is 79.7 Å². The molecule has 1 N–H and O–H groups in total. The zero-order valence-electron chi connectivity index (χ0n) is 29.3. The number of piperidine rings is 1. The molecule has 0 bridgehead atoms. The van der Waals surface area contributed by atoms with Crippen LogP contribution < -0.4 is 10.1 Å². The number of benzene rings is 4. The van der Waals surface area contributed by atoms with Crippen molar-refractivity contribution in [3.63, 3.8) is 0 Å². The van der Waals surface area contributed by atoms with Crippen LogP contribution in [0.2, 0.25) is 0 Å². The molecule has 1 fully saturated rings. The van der Waals surface area contributed by atoms with Crippen molar-refractivity contribution in [1.29, 1.82) is 0 Å². The third kappa shape index (κ3) is 11.3. The largest absolute Gasteiger partial charge is 0.489 e. The van der Waals surface area contributed by atoms with Gasteiger partial charge in [0.15, 0.2) is 6.29 Å². The quantitative estimate of drug-likeness (QED) is 0.0869. The number of rotatable bonds is 18. The number of likely N-dealkylation sites (tertiary alicyclic amines) is 1. The molecule has 1 heterocycles. The predicted octanol–water partition coefficient (Wildman–Crippen LogP) is 7.37. The Bertz CT molecular complexity index is 1590. The van der Waals surface area contributed by atoms with Gasteiger partial charge in [-0.05, 0) is 84.8 Å². The molecular weight excluding hydrogens is 628 g/mol. The Hall–Kier alpha value is -4.50. The SMILES string of the molecule is CCCOC(CCNC(=O)c1ccc(COc2cccc(C(C(=O)OCC3CCN(Cc4ccccc4)CC3)c3ccccc3)c2)cc1)OC. The minimum Gasteiger partial charge on any atom is -0.489 e. The van der Waals surface area contributed by atoms with Crippen LogP contribution in [0.25, 0.3) is 0 Å². The maximum atomic E-state index is 13.7. The summed E-state index contributed by atoms with van der Waals surface area (Å²) < 4.78 is 23.1. The molecule has 4 aromatic rings. The zero-order valence-corrected chi connectivity index (χ0v) is 29.3. The average molecular weight is 679 g/mol. The molecule has 1 aliphatic rings. The van der Waals surface area contributed by atoms with E-state index in [-0.39, 0.29) is 18.2 Å². The van der Waals surface area contributed by atoms with Crippen molar-refractivity contribution in [1.82, 2.24) is 10.2 Å². The highest BCUT2D eigenvalue weighted by Gasteiger charge is 2.27. The fourth-order valence-corrected chi connectivity index (χ4v) is 6.17. The number of nitrogens with zero attached hydrogens (tertiary/aromatic N) is 1. The first-order valence-corrected chi connectivity index (χ1v) is 17.7. The molecule has 50 heavy (non-hydrogen) atoms. The number of methoxy groups -OCH3 is 1. The number of nitrogens with one attached hydrogen (secondary N) is 1. The summed E-state index contributed by atoms with van der Waals surface area (Å²) in [7, 11) is 1.61. The lowest BCUT2D eigenvalue weighted by Crippen LogP contribution is -2.35. The lowest BCUT2D eigenvalue weighted by molar-refractivity contribution is -0.146. The summed E-state index contributed by atoms with van der Waals surface area (Å²) in [5.41, 5.74) is 4.52. The minimum atomic E-state index is -0.562. The number of ether oxygens (including phenoxy) is 4. The van der Waals surface area contributed by atoms with E-state index < -0.39 is 5.92 Å². The molecule has 2 atom stereocenters. The summed E-state index contributed by atoms with van der Waals surface area (Å²) >= 11 is 0. The molecule has 8 nitrogen and oxygen atoms in total. The third-order valence-electron chi connectivity index (χ3n) is 9.04. The van der Waals surface area contributed by atoms with Crippen molar-refractivity contribution in [2.24, 2.45) is 5.92 Å². The summed E-state index contributed by atoms with van der Waals surface area (Å²) in [5.74, 6) is 0.0423. The van der Waals surface area contributed by atoms with Crippen molar-refractivity contribution in [2.45, 2.75) is 58.0 Å². The number of hydrogen-bond donors (Lipinski definition) is 1. The van der Waals surface area contributed by atoms with Gasteiger partial charge in [0.05, 0.1) is 6.61 Å². The van der Waals surface area contributed by atoms with Gasteiger partial charge in [-0.15, -0.1) is 0 Å². The van der Waals surface area contributed by atoms with Crippen LogP contribution in [0, 0.1) is 5.92 Å². The number of hydrogen-bond acceptors (Lipinski definition) is 7. The zero-order chi connectivity index (χ0) is 35.0.